The number of thioether (sulfide) groups is 1. The predicted molar refractivity (Wildman–Crippen MR) is 100 cm³/mol. The lowest BCUT2D eigenvalue weighted by Crippen LogP contribution is -2.15. The number of aryl methyl sites for hydroxylation is 1. The summed E-state index contributed by atoms with van der Waals surface area (Å²) in [6, 6.07) is 11.1. The van der Waals surface area contributed by atoms with Crippen LogP contribution < -0.4 is 5.56 Å². The summed E-state index contributed by atoms with van der Waals surface area (Å²) in [7, 11) is 0. The van der Waals surface area contributed by atoms with Gasteiger partial charge in [0.1, 0.15) is 5.82 Å². The van der Waals surface area contributed by atoms with Crippen molar-refractivity contribution in [2.45, 2.75) is 24.8 Å². The van der Waals surface area contributed by atoms with Crippen molar-refractivity contribution in [3.05, 3.63) is 58.3 Å². The van der Waals surface area contributed by atoms with E-state index in [4.69, 9.17) is 9.90 Å². The molecule has 1 aromatic carbocycles. The Hall–Kier alpha value is -3.54. The second kappa shape index (κ2) is 8.43. The van der Waals surface area contributed by atoms with Crippen LogP contribution in [0.4, 0.5) is 0 Å². The monoisotopic (exact) mass is 400 g/mol. The number of benzene rings is 1. The van der Waals surface area contributed by atoms with Crippen molar-refractivity contribution >= 4 is 23.5 Å². The number of carboxylic acid groups (broad SMARTS) is 1. The van der Waals surface area contributed by atoms with E-state index in [-0.39, 0.29) is 5.56 Å². The topological polar surface area (TPSA) is 144 Å². The summed E-state index contributed by atoms with van der Waals surface area (Å²) in [5.74, 6) is 0.626. The summed E-state index contributed by atoms with van der Waals surface area (Å²) in [5.41, 5.74) is 1.30. The fourth-order valence-electron chi connectivity index (χ4n) is 2.25. The van der Waals surface area contributed by atoms with Gasteiger partial charge in [-0.05, 0) is 29.5 Å². The zero-order valence-corrected chi connectivity index (χ0v) is 15.8. The molecule has 0 saturated heterocycles. The number of aromatic amines is 1. The van der Waals surface area contributed by atoms with Crippen molar-refractivity contribution < 1.29 is 9.90 Å². The maximum atomic E-state index is 12.1. The molecule has 11 nitrogen and oxygen atoms in total. The lowest BCUT2D eigenvalue weighted by atomic mass is 10.3. The van der Waals surface area contributed by atoms with E-state index < -0.39 is 5.97 Å². The zero-order chi connectivity index (χ0) is 20.1. The summed E-state index contributed by atoms with van der Waals surface area (Å²) < 4.78 is 2.96. The average molecular weight is 400 g/mol. The highest BCUT2D eigenvalue weighted by atomic mass is 32.2. The number of carbonyl (C=O) groups is 1. The lowest BCUT2D eigenvalue weighted by molar-refractivity contribution is -0.134. The molecular weight excluding hydrogens is 384 g/mol. The number of hydrogen-bond donors (Lipinski definition) is 2. The summed E-state index contributed by atoms with van der Waals surface area (Å²) >= 11 is 1.40. The predicted octanol–water partition coefficient (Wildman–Crippen LogP) is 1.08. The molecule has 0 bridgehead atoms. The molecule has 12 heteroatoms. The normalized spacial score (nSPS) is 10.5. The molecule has 28 heavy (non-hydrogen) atoms. The van der Waals surface area contributed by atoms with Gasteiger partial charge in [-0.15, -0.1) is 5.10 Å². The molecule has 3 aromatic heterocycles. The molecule has 4 aromatic rings. The van der Waals surface area contributed by atoms with Crippen molar-refractivity contribution in [1.29, 1.82) is 0 Å². The van der Waals surface area contributed by atoms with Gasteiger partial charge in [0.2, 0.25) is 5.16 Å². The highest BCUT2D eigenvalue weighted by Gasteiger charge is 2.11. The zero-order valence-electron chi connectivity index (χ0n) is 15.0. The van der Waals surface area contributed by atoms with Gasteiger partial charge in [0.05, 0.1) is 11.4 Å². The van der Waals surface area contributed by atoms with Crippen molar-refractivity contribution in [3.8, 4) is 5.69 Å². The number of nitrogens with one attached hydrogen (secondary N) is 1. The summed E-state index contributed by atoms with van der Waals surface area (Å²) in [4.78, 5) is 29.6. The number of fused-ring (bicyclic) bond motifs is 1. The molecule has 2 N–H and O–H groups in total. The van der Waals surface area contributed by atoms with E-state index >= 15 is 0 Å². The largest absolute Gasteiger partial charge is 0.481 e. The average Bonchev–Trinajstić information content (AvgIpc) is 3.26. The van der Waals surface area contributed by atoms with E-state index in [0.717, 1.165) is 12.6 Å². The SMILES string of the molecule is CC(=O)O.Cc1nc2nc(CSc3nnnn3-c3ccccc3)cc(=O)n2[nH]1. The minimum Gasteiger partial charge on any atom is -0.481 e. The van der Waals surface area contributed by atoms with Crippen molar-refractivity contribution in [2.75, 3.05) is 0 Å². The minimum absolute atomic E-state index is 0.196. The van der Waals surface area contributed by atoms with Gasteiger partial charge in [-0.25, -0.2) is 4.98 Å². The molecule has 0 aliphatic carbocycles. The molecule has 0 saturated carbocycles. The Kier molecular flexibility index (Phi) is 5.79. The van der Waals surface area contributed by atoms with Crippen LogP contribution in [0.25, 0.3) is 11.5 Å². The number of H-pyrrole nitrogens is 1. The first-order valence-electron chi connectivity index (χ1n) is 8.05. The Morgan fingerprint density at radius 2 is 1.96 bits per heavy atom. The number of hydrogen-bond acceptors (Lipinski definition) is 8. The molecule has 144 valence electrons. The second-order valence-electron chi connectivity index (χ2n) is 5.55. The number of nitrogens with zero attached hydrogens (tertiary/aromatic N) is 7. The minimum atomic E-state index is -0.833. The second-order valence-corrected chi connectivity index (χ2v) is 6.49. The molecule has 0 aliphatic heterocycles. The van der Waals surface area contributed by atoms with Crippen LogP contribution >= 0.6 is 11.8 Å². The molecule has 0 radical (unpaired) electrons. The van der Waals surface area contributed by atoms with Gasteiger partial charge in [0.15, 0.2) is 0 Å². The van der Waals surface area contributed by atoms with Crippen LogP contribution in [0, 0.1) is 6.92 Å². The van der Waals surface area contributed by atoms with Crippen LogP contribution in [0.15, 0.2) is 46.3 Å². The van der Waals surface area contributed by atoms with E-state index in [1.54, 1.807) is 11.6 Å². The van der Waals surface area contributed by atoms with Gasteiger partial charge in [-0.2, -0.15) is 14.2 Å². The first kappa shape index (κ1) is 19.2. The van der Waals surface area contributed by atoms with E-state index in [1.807, 2.05) is 30.3 Å². The Morgan fingerprint density at radius 3 is 2.68 bits per heavy atom. The van der Waals surface area contributed by atoms with E-state index in [0.29, 0.717) is 28.2 Å². The van der Waals surface area contributed by atoms with Crippen LogP contribution in [-0.2, 0) is 10.5 Å². The van der Waals surface area contributed by atoms with Crippen LogP contribution in [0.1, 0.15) is 18.4 Å². The highest BCUT2D eigenvalue weighted by molar-refractivity contribution is 7.98. The number of carboxylic acids is 1. The van der Waals surface area contributed by atoms with Gasteiger partial charge in [0, 0.05) is 18.7 Å². The summed E-state index contributed by atoms with van der Waals surface area (Å²) in [6.45, 7) is 2.86. The molecule has 0 spiro atoms. The van der Waals surface area contributed by atoms with Crippen LogP contribution in [-0.4, -0.2) is 50.9 Å². The van der Waals surface area contributed by atoms with Crippen LogP contribution in [0.5, 0.6) is 0 Å². The Labute approximate surface area is 162 Å². The number of aliphatic carboxylic acids is 1. The number of rotatable bonds is 4. The fourth-order valence-corrected chi connectivity index (χ4v) is 3.03. The van der Waals surface area contributed by atoms with E-state index in [2.05, 4.69) is 30.6 Å². The van der Waals surface area contributed by atoms with Gasteiger partial charge < -0.3 is 5.11 Å². The van der Waals surface area contributed by atoms with Crippen molar-refractivity contribution in [3.63, 3.8) is 0 Å². The van der Waals surface area contributed by atoms with Crippen molar-refractivity contribution in [1.82, 2.24) is 39.8 Å². The standard InChI is InChI=1S/C14H12N8OS.C2H4O2/c1-9-15-13-16-10(7-12(23)22(13)18-9)8-24-14-17-19-20-21(14)11-5-3-2-4-6-11;1-2(3)4/h2-7H,8H2,1H3,(H,15,16,18);1H3,(H,3,4). The molecular formula is C16H16N8O3S. The first-order valence-corrected chi connectivity index (χ1v) is 9.04. The van der Waals surface area contributed by atoms with Gasteiger partial charge >= 0.3 is 0 Å². The van der Waals surface area contributed by atoms with Gasteiger partial charge in [0.25, 0.3) is 17.3 Å². The molecule has 0 unspecified atom stereocenters. The smallest absolute Gasteiger partial charge is 0.300 e. The third-order valence-electron chi connectivity index (χ3n) is 3.29. The summed E-state index contributed by atoms with van der Waals surface area (Å²) in [5, 5.41) is 22.6. The lowest BCUT2D eigenvalue weighted by Gasteiger charge is -2.03. The van der Waals surface area contributed by atoms with E-state index in [1.165, 1.54) is 22.3 Å². The molecule has 0 fully saturated rings. The van der Waals surface area contributed by atoms with Crippen molar-refractivity contribution in [2.24, 2.45) is 0 Å². The maximum Gasteiger partial charge on any atom is 0.300 e. The molecule has 0 aliphatic rings. The van der Waals surface area contributed by atoms with Crippen LogP contribution in [0.2, 0.25) is 0 Å². The third-order valence-corrected chi connectivity index (χ3v) is 4.24. The summed E-state index contributed by atoms with van der Waals surface area (Å²) in [6.07, 6.45) is 0. The Morgan fingerprint density at radius 1 is 1.25 bits per heavy atom. The highest BCUT2D eigenvalue weighted by Crippen LogP contribution is 2.21. The Balaban J connectivity index is 0.000000516. The number of aromatic nitrogens is 8. The van der Waals surface area contributed by atoms with Gasteiger partial charge in [-0.3, -0.25) is 14.7 Å². The first-order chi connectivity index (χ1) is 13.4. The molecule has 3 heterocycles. The molecule has 0 amide bonds. The molecule has 0 atom stereocenters. The fraction of sp³-hybridized carbons (Fsp3) is 0.188. The van der Waals surface area contributed by atoms with Crippen LogP contribution in [0.3, 0.4) is 0 Å². The Bertz CT molecular complexity index is 1150. The number of para-hydroxylation sites is 1. The quantitative estimate of drug-likeness (QED) is 0.481. The van der Waals surface area contributed by atoms with Gasteiger partial charge in [-0.1, -0.05) is 30.0 Å². The number of tetrazole rings is 1. The maximum absolute atomic E-state index is 12.1. The third kappa shape index (κ3) is 4.59. The molecule has 4 rings (SSSR count). The van der Waals surface area contributed by atoms with E-state index in [9.17, 15) is 4.79 Å².